The van der Waals surface area contributed by atoms with Crippen LogP contribution >= 0.6 is 0 Å². The predicted octanol–water partition coefficient (Wildman–Crippen LogP) is 1.41. The first-order chi connectivity index (χ1) is 10.1. The van der Waals surface area contributed by atoms with Crippen LogP contribution in [0.1, 0.15) is 40.7 Å². The monoisotopic (exact) mass is 288 g/mol. The number of hydrogen-bond donors (Lipinski definition) is 2. The first kappa shape index (κ1) is 14.1. The summed E-state index contributed by atoms with van der Waals surface area (Å²) in [5, 5.41) is 12.2. The van der Waals surface area contributed by atoms with E-state index in [1.54, 1.807) is 12.1 Å². The van der Waals surface area contributed by atoms with Crippen molar-refractivity contribution in [2.24, 2.45) is 0 Å². The molecule has 0 radical (unpaired) electrons. The molecular weight excluding hydrogens is 268 g/mol. The van der Waals surface area contributed by atoms with E-state index >= 15 is 0 Å². The zero-order valence-corrected chi connectivity index (χ0v) is 12.0. The van der Waals surface area contributed by atoms with Gasteiger partial charge in [-0.3, -0.25) is 9.69 Å². The second-order valence-electron chi connectivity index (χ2n) is 5.87. The maximum Gasteiger partial charge on any atom is 0.335 e. The molecule has 3 rings (SSSR count). The second kappa shape index (κ2) is 5.85. The summed E-state index contributed by atoms with van der Waals surface area (Å²) in [7, 11) is 0. The zero-order valence-electron chi connectivity index (χ0n) is 12.0. The number of nitrogens with one attached hydrogen (secondary N) is 1. The van der Waals surface area contributed by atoms with E-state index in [0.29, 0.717) is 18.0 Å². The van der Waals surface area contributed by atoms with Crippen LogP contribution in [0.5, 0.6) is 0 Å². The Bertz CT molecular complexity index is 567. The summed E-state index contributed by atoms with van der Waals surface area (Å²) >= 11 is 0. The summed E-state index contributed by atoms with van der Waals surface area (Å²) in [6, 6.07) is 5.86. The normalized spacial score (nSPS) is 18.1. The van der Waals surface area contributed by atoms with Crippen LogP contribution in [0.4, 0.5) is 0 Å². The van der Waals surface area contributed by atoms with Crippen molar-refractivity contribution in [2.45, 2.75) is 38.3 Å². The van der Waals surface area contributed by atoms with Crippen LogP contribution in [0, 0.1) is 0 Å². The lowest BCUT2D eigenvalue weighted by Crippen LogP contribution is -2.35. The molecule has 2 N–H and O–H groups in total. The van der Waals surface area contributed by atoms with Crippen molar-refractivity contribution in [1.82, 2.24) is 10.2 Å². The highest BCUT2D eigenvalue weighted by Crippen LogP contribution is 2.23. The first-order valence-electron chi connectivity index (χ1n) is 7.49. The third-order valence-corrected chi connectivity index (χ3v) is 4.17. The Morgan fingerprint density at radius 2 is 2.14 bits per heavy atom. The van der Waals surface area contributed by atoms with Gasteiger partial charge >= 0.3 is 5.97 Å². The van der Waals surface area contributed by atoms with Gasteiger partial charge < -0.3 is 10.4 Å². The molecule has 0 aromatic heterocycles. The summed E-state index contributed by atoms with van der Waals surface area (Å²) in [5.41, 5.74) is 2.44. The molecule has 0 unspecified atom stereocenters. The van der Waals surface area contributed by atoms with Crippen LogP contribution in [-0.2, 0) is 17.8 Å². The molecule has 21 heavy (non-hydrogen) atoms. The molecule has 112 valence electrons. The van der Waals surface area contributed by atoms with Gasteiger partial charge in [0.25, 0.3) is 0 Å². The second-order valence-corrected chi connectivity index (χ2v) is 5.87. The van der Waals surface area contributed by atoms with Crippen molar-refractivity contribution < 1.29 is 14.7 Å². The van der Waals surface area contributed by atoms with Gasteiger partial charge in [-0.05, 0) is 36.5 Å². The lowest BCUT2D eigenvalue weighted by atomic mass is 9.94. The minimum absolute atomic E-state index is 0.127. The van der Waals surface area contributed by atoms with Crippen LogP contribution in [0.2, 0.25) is 0 Å². The smallest absolute Gasteiger partial charge is 0.335 e. The van der Waals surface area contributed by atoms with Crippen LogP contribution in [0.15, 0.2) is 18.2 Å². The van der Waals surface area contributed by atoms with Crippen LogP contribution < -0.4 is 5.32 Å². The fourth-order valence-electron chi connectivity index (χ4n) is 2.85. The van der Waals surface area contributed by atoms with E-state index in [1.165, 1.54) is 0 Å². The summed E-state index contributed by atoms with van der Waals surface area (Å²) < 4.78 is 0. The Morgan fingerprint density at radius 1 is 1.33 bits per heavy atom. The zero-order chi connectivity index (χ0) is 14.8. The minimum Gasteiger partial charge on any atom is -0.478 e. The lowest BCUT2D eigenvalue weighted by Gasteiger charge is -2.29. The number of fused-ring (bicyclic) bond motifs is 1. The number of carboxylic acids is 1. The SMILES string of the molecule is O=C(CCN1CCc2c(cccc2C(=O)O)C1)NC1CC1. The van der Waals surface area contributed by atoms with Gasteiger partial charge in [0.2, 0.25) is 5.91 Å². The molecule has 5 nitrogen and oxygen atoms in total. The number of carbonyl (C=O) groups is 2. The molecule has 1 aliphatic heterocycles. The maximum atomic E-state index is 11.7. The van der Waals surface area contributed by atoms with Gasteiger partial charge in [0, 0.05) is 32.1 Å². The molecule has 0 saturated heterocycles. The Balaban J connectivity index is 1.58. The number of amides is 1. The van der Waals surface area contributed by atoms with Crippen molar-refractivity contribution in [3.8, 4) is 0 Å². The van der Waals surface area contributed by atoms with E-state index in [2.05, 4.69) is 10.2 Å². The number of hydrogen-bond acceptors (Lipinski definition) is 3. The van der Waals surface area contributed by atoms with Gasteiger partial charge in [-0.15, -0.1) is 0 Å². The molecule has 5 heteroatoms. The van der Waals surface area contributed by atoms with E-state index in [0.717, 1.165) is 50.0 Å². The highest BCUT2D eigenvalue weighted by molar-refractivity contribution is 5.89. The Morgan fingerprint density at radius 3 is 2.86 bits per heavy atom. The quantitative estimate of drug-likeness (QED) is 0.859. The molecule has 1 aromatic carbocycles. The molecule has 1 fully saturated rings. The summed E-state index contributed by atoms with van der Waals surface area (Å²) in [6.45, 7) is 2.27. The van der Waals surface area contributed by atoms with E-state index in [9.17, 15) is 14.7 Å². The average molecular weight is 288 g/mol. The van der Waals surface area contributed by atoms with Crippen LogP contribution in [-0.4, -0.2) is 41.0 Å². The predicted molar refractivity (Wildman–Crippen MR) is 78.2 cm³/mol. The summed E-state index contributed by atoms with van der Waals surface area (Å²) in [5.74, 6) is -0.730. The van der Waals surface area contributed by atoms with Crippen molar-refractivity contribution in [3.05, 3.63) is 34.9 Å². The van der Waals surface area contributed by atoms with Gasteiger partial charge in [0.15, 0.2) is 0 Å². The summed E-state index contributed by atoms with van der Waals surface area (Å²) in [4.78, 5) is 25.1. The van der Waals surface area contributed by atoms with Gasteiger partial charge in [0.1, 0.15) is 0 Å². The molecule has 0 spiro atoms. The molecular formula is C16H20N2O3. The molecule has 1 aromatic rings. The topological polar surface area (TPSA) is 69.6 Å². The fraction of sp³-hybridized carbons (Fsp3) is 0.500. The fourth-order valence-corrected chi connectivity index (χ4v) is 2.85. The van der Waals surface area contributed by atoms with Gasteiger partial charge in [0.05, 0.1) is 5.56 Å². The van der Waals surface area contributed by atoms with Crippen molar-refractivity contribution >= 4 is 11.9 Å². The van der Waals surface area contributed by atoms with Gasteiger partial charge in [-0.25, -0.2) is 4.79 Å². The lowest BCUT2D eigenvalue weighted by molar-refractivity contribution is -0.121. The van der Waals surface area contributed by atoms with Crippen molar-refractivity contribution in [3.63, 3.8) is 0 Å². The third kappa shape index (κ3) is 3.42. The molecule has 0 bridgehead atoms. The van der Waals surface area contributed by atoms with E-state index in [4.69, 9.17) is 0 Å². The number of nitrogens with zero attached hydrogens (tertiary/aromatic N) is 1. The summed E-state index contributed by atoms with van der Waals surface area (Å²) in [6.07, 6.45) is 3.48. The standard InChI is InChI=1S/C16H20N2O3/c19-15(17-12-4-5-12)7-9-18-8-6-13-11(10-18)2-1-3-14(13)16(20)21/h1-3,12H,4-10H2,(H,17,19)(H,20,21). The van der Waals surface area contributed by atoms with Gasteiger partial charge in [-0.1, -0.05) is 12.1 Å². The van der Waals surface area contributed by atoms with Crippen LogP contribution in [0.25, 0.3) is 0 Å². The number of aromatic carboxylic acids is 1. The number of rotatable bonds is 5. The Labute approximate surface area is 123 Å². The molecule has 1 heterocycles. The maximum absolute atomic E-state index is 11.7. The number of carboxylic acid groups (broad SMARTS) is 1. The van der Waals surface area contributed by atoms with Crippen LogP contribution in [0.3, 0.4) is 0 Å². The highest BCUT2D eigenvalue weighted by Gasteiger charge is 2.24. The number of carbonyl (C=O) groups excluding carboxylic acids is 1. The first-order valence-corrected chi connectivity index (χ1v) is 7.49. The van der Waals surface area contributed by atoms with E-state index < -0.39 is 5.97 Å². The number of benzene rings is 1. The van der Waals surface area contributed by atoms with E-state index in [1.807, 2.05) is 6.07 Å². The average Bonchev–Trinajstić information content (AvgIpc) is 3.28. The molecule has 1 aliphatic carbocycles. The third-order valence-electron chi connectivity index (χ3n) is 4.17. The van der Waals surface area contributed by atoms with Crippen molar-refractivity contribution in [1.29, 1.82) is 0 Å². The molecule has 1 amide bonds. The van der Waals surface area contributed by atoms with Crippen molar-refractivity contribution in [2.75, 3.05) is 13.1 Å². The minimum atomic E-state index is -0.857. The highest BCUT2D eigenvalue weighted by atomic mass is 16.4. The molecule has 1 saturated carbocycles. The van der Waals surface area contributed by atoms with E-state index in [-0.39, 0.29) is 5.91 Å². The molecule has 2 aliphatic rings. The van der Waals surface area contributed by atoms with Gasteiger partial charge in [-0.2, -0.15) is 0 Å². The Hall–Kier alpha value is -1.88. The Kier molecular flexibility index (Phi) is 3.92. The largest absolute Gasteiger partial charge is 0.478 e. The molecule has 0 atom stereocenters.